The van der Waals surface area contributed by atoms with Gasteiger partial charge < -0.3 is 16.0 Å². The average molecular weight is 173 g/mol. The second kappa shape index (κ2) is 4.98. The number of guanidine groups is 1. The molecule has 0 aliphatic rings. The molecule has 0 saturated carbocycles. The Hall–Kier alpha value is -0.770. The van der Waals surface area contributed by atoms with Gasteiger partial charge in [0.15, 0.2) is 5.96 Å². The Morgan fingerprint density at radius 2 is 1.75 bits per heavy atom. The van der Waals surface area contributed by atoms with Crippen LogP contribution in [-0.2, 0) is 0 Å². The van der Waals surface area contributed by atoms with Crippen molar-refractivity contribution in [2.45, 2.75) is 13.8 Å². The third-order valence-corrected chi connectivity index (χ3v) is 2.46. The van der Waals surface area contributed by atoms with Crippen molar-refractivity contribution >= 4 is 5.96 Å². The Morgan fingerprint density at radius 1 is 1.25 bits per heavy atom. The van der Waals surface area contributed by atoms with Crippen LogP contribution in [0.2, 0.25) is 0 Å². The van der Waals surface area contributed by atoms with Gasteiger partial charge in [-0.05, 0) is 13.8 Å². The van der Waals surface area contributed by atoms with Gasteiger partial charge in [-0.3, -0.25) is 0 Å². The average Bonchev–Trinajstić information content (AvgIpc) is 2.03. The third-order valence-electron chi connectivity index (χ3n) is 2.46. The minimum atomic E-state index is 0.189. The molecule has 12 heavy (non-hydrogen) atoms. The normalized spacial score (nSPS) is 11.2. The van der Waals surface area contributed by atoms with Crippen molar-refractivity contribution in [2.75, 3.05) is 33.2 Å². The zero-order chi connectivity index (χ0) is 9.61. The quantitative estimate of drug-likeness (QED) is 0.342. The van der Waals surface area contributed by atoms with Gasteiger partial charge in [-0.25, -0.2) is 4.99 Å². The molecule has 0 atom stereocenters. The zero-order valence-corrected chi connectivity index (χ0v) is 8.38. The maximum absolute atomic E-state index is 5.23. The summed E-state index contributed by atoms with van der Waals surface area (Å²) in [5.74, 6) is 0.189. The summed E-state index contributed by atoms with van der Waals surface area (Å²) in [4.78, 5) is 3.96. The zero-order valence-electron chi connectivity index (χ0n) is 8.38. The molecule has 0 aliphatic carbocycles. The van der Waals surface area contributed by atoms with Crippen LogP contribution in [-0.4, -0.2) is 43.7 Å². The van der Waals surface area contributed by atoms with Gasteiger partial charge in [0.2, 0.25) is 0 Å². The van der Waals surface area contributed by atoms with E-state index in [0.717, 1.165) is 30.7 Å². The Labute approximate surface area is 74.8 Å². The van der Waals surface area contributed by atoms with E-state index < -0.39 is 0 Å². The van der Waals surface area contributed by atoms with Gasteiger partial charge in [-0.1, -0.05) is 0 Å². The number of likely N-dealkylation sites (N-methyl/N-ethyl adjacent to an activating group) is 1. The van der Waals surface area contributed by atoms with Gasteiger partial charge >= 0.3 is 0 Å². The van der Waals surface area contributed by atoms with Crippen LogP contribution in [0.15, 0.2) is 4.99 Å². The number of hydrogen-bond acceptors (Lipinski definition) is 1. The minimum Gasteiger partial charge on any atom is -0.370 e. The van der Waals surface area contributed by atoms with E-state index >= 15 is 0 Å². The second-order valence-corrected chi connectivity index (χ2v) is 3.28. The van der Waals surface area contributed by atoms with Gasteiger partial charge in [-0.2, -0.15) is 0 Å². The van der Waals surface area contributed by atoms with Crippen molar-refractivity contribution < 1.29 is 4.48 Å². The molecule has 0 rings (SSSR count). The molecule has 0 unspecified atom stereocenters. The maximum Gasteiger partial charge on any atom is 0.186 e. The monoisotopic (exact) mass is 173 g/mol. The minimum absolute atomic E-state index is 0.189. The molecule has 72 valence electrons. The SMILES string of the molecule is CC[N+](C)(CC)CCN=C(N)N. The molecule has 0 amide bonds. The van der Waals surface area contributed by atoms with E-state index in [0.29, 0.717) is 0 Å². The van der Waals surface area contributed by atoms with Crippen molar-refractivity contribution in [3.63, 3.8) is 0 Å². The molecule has 0 saturated heterocycles. The molecule has 4 heteroatoms. The number of hydrogen-bond donors (Lipinski definition) is 2. The largest absolute Gasteiger partial charge is 0.370 e. The Balaban J connectivity index is 3.81. The summed E-state index contributed by atoms with van der Waals surface area (Å²) in [6.45, 7) is 8.33. The first-order valence-electron chi connectivity index (χ1n) is 4.43. The first-order valence-corrected chi connectivity index (χ1v) is 4.43. The van der Waals surface area contributed by atoms with E-state index in [1.54, 1.807) is 0 Å². The number of rotatable bonds is 5. The molecule has 0 aliphatic heterocycles. The first-order chi connectivity index (χ1) is 5.54. The molecule has 0 aromatic rings. The third kappa shape index (κ3) is 4.18. The summed E-state index contributed by atoms with van der Waals surface area (Å²) in [5.41, 5.74) is 10.5. The van der Waals surface area contributed by atoms with Crippen molar-refractivity contribution in [3.05, 3.63) is 0 Å². The molecule has 0 aromatic carbocycles. The van der Waals surface area contributed by atoms with Gasteiger partial charge in [0, 0.05) is 0 Å². The molecule has 0 bridgehead atoms. The fourth-order valence-electron chi connectivity index (χ4n) is 0.960. The lowest BCUT2D eigenvalue weighted by molar-refractivity contribution is -0.904. The van der Waals surface area contributed by atoms with Crippen LogP contribution >= 0.6 is 0 Å². The van der Waals surface area contributed by atoms with E-state index in [1.165, 1.54) is 0 Å². The molecule has 0 fully saturated rings. The van der Waals surface area contributed by atoms with Crippen LogP contribution in [0.1, 0.15) is 13.8 Å². The van der Waals surface area contributed by atoms with Crippen molar-refractivity contribution in [1.82, 2.24) is 0 Å². The number of quaternary nitrogens is 1. The van der Waals surface area contributed by atoms with E-state index in [1.807, 2.05) is 0 Å². The lowest BCUT2D eigenvalue weighted by Gasteiger charge is -2.31. The number of nitrogens with zero attached hydrogens (tertiary/aromatic N) is 2. The van der Waals surface area contributed by atoms with Crippen LogP contribution in [0.25, 0.3) is 0 Å². The van der Waals surface area contributed by atoms with Crippen LogP contribution in [0.3, 0.4) is 0 Å². The molecular weight excluding hydrogens is 152 g/mol. The molecule has 0 heterocycles. The summed E-state index contributed by atoms with van der Waals surface area (Å²) >= 11 is 0. The molecule has 0 radical (unpaired) electrons. The predicted octanol–water partition coefficient (Wildman–Crippen LogP) is -0.254. The Kier molecular flexibility index (Phi) is 4.66. The van der Waals surface area contributed by atoms with Gasteiger partial charge in [0.05, 0.1) is 33.2 Å². The highest BCUT2D eigenvalue weighted by Crippen LogP contribution is 1.99. The van der Waals surface area contributed by atoms with E-state index in [4.69, 9.17) is 11.5 Å². The Morgan fingerprint density at radius 3 is 2.08 bits per heavy atom. The summed E-state index contributed by atoms with van der Waals surface area (Å²) < 4.78 is 1.02. The lowest BCUT2D eigenvalue weighted by Crippen LogP contribution is -2.45. The van der Waals surface area contributed by atoms with Gasteiger partial charge in [-0.15, -0.1) is 0 Å². The summed E-state index contributed by atoms with van der Waals surface area (Å²) in [6, 6.07) is 0. The molecule has 0 aromatic heterocycles. The van der Waals surface area contributed by atoms with Crippen LogP contribution in [0.4, 0.5) is 0 Å². The van der Waals surface area contributed by atoms with Gasteiger partial charge in [0.25, 0.3) is 0 Å². The number of aliphatic imine (C=N–C) groups is 1. The van der Waals surface area contributed by atoms with Crippen molar-refractivity contribution in [1.29, 1.82) is 0 Å². The predicted molar refractivity (Wildman–Crippen MR) is 52.8 cm³/mol. The fraction of sp³-hybridized carbons (Fsp3) is 0.875. The standard InChI is InChI=1S/C8H21N4/c1-4-12(3,5-2)7-6-11-8(9)10/h4-7H2,1-3H3,(H4,9,10,11)/q+1. The molecular formula is C8H21N4+. The lowest BCUT2D eigenvalue weighted by atomic mass is 10.4. The highest BCUT2D eigenvalue weighted by atomic mass is 15.3. The number of nitrogens with two attached hydrogens (primary N) is 2. The van der Waals surface area contributed by atoms with Crippen LogP contribution in [0.5, 0.6) is 0 Å². The molecule has 0 spiro atoms. The van der Waals surface area contributed by atoms with E-state index in [9.17, 15) is 0 Å². The summed E-state index contributed by atoms with van der Waals surface area (Å²) in [6.07, 6.45) is 0. The topological polar surface area (TPSA) is 64.4 Å². The van der Waals surface area contributed by atoms with E-state index in [-0.39, 0.29) is 5.96 Å². The maximum atomic E-state index is 5.23. The van der Waals surface area contributed by atoms with Crippen molar-refractivity contribution in [2.24, 2.45) is 16.5 Å². The van der Waals surface area contributed by atoms with Gasteiger partial charge in [0.1, 0.15) is 0 Å². The summed E-state index contributed by atoms with van der Waals surface area (Å²) in [7, 11) is 2.21. The highest BCUT2D eigenvalue weighted by Gasteiger charge is 2.14. The summed E-state index contributed by atoms with van der Waals surface area (Å²) in [5, 5.41) is 0. The molecule has 4 nitrogen and oxygen atoms in total. The first kappa shape index (κ1) is 11.2. The van der Waals surface area contributed by atoms with E-state index in [2.05, 4.69) is 25.9 Å². The second-order valence-electron chi connectivity index (χ2n) is 3.28. The van der Waals surface area contributed by atoms with Crippen LogP contribution < -0.4 is 11.5 Å². The smallest absolute Gasteiger partial charge is 0.186 e. The highest BCUT2D eigenvalue weighted by molar-refractivity contribution is 5.75. The fourth-order valence-corrected chi connectivity index (χ4v) is 0.960. The molecule has 4 N–H and O–H groups in total. The van der Waals surface area contributed by atoms with Crippen molar-refractivity contribution in [3.8, 4) is 0 Å². The Bertz CT molecular complexity index is 145. The van der Waals surface area contributed by atoms with Crippen LogP contribution in [0, 0.1) is 0 Å².